The molecule has 0 saturated heterocycles. The number of hydrogen-bond donors (Lipinski definition) is 2. The van der Waals surface area contributed by atoms with Crippen LogP contribution in [0.3, 0.4) is 0 Å². The first-order chi connectivity index (χ1) is 15.4. The zero-order valence-corrected chi connectivity index (χ0v) is 17.9. The van der Waals surface area contributed by atoms with Crippen molar-refractivity contribution in [3.63, 3.8) is 0 Å². The van der Waals surface area contributed by atoms with E-state index in [-0.39, 0.29) is 22.1 Å². The lowest BCUT2D eigenvalue weighted by Gasteiger charge is -2.25. The molecule has 2 saturated carbocycles. The summed E-state index contributed by atoms with van der Waals surface area (Å²) in [5, 5.41) is 16.9. The molecule has 2 aliphatic carbocycles. The van der Waals surface area contributed by atoms with Crippen LogP contribution in [0.2, 0.25) is 5.02 Å². The van der Waals surface area contributed by atoms with Gasteiger partial charge in [-0.25, -0.2) is 9.18 Å². The predicted molar refractivity (Wildman–Crippen MR) is 118 cm³/mol. The summed E-state index contributed by atoms with van der Waals surface area (Å²) in [5.74, 6) is -2.07. The molecular formula is C24H21ClFN3O3. The number of halogens is 2. The number of benzene rings is 2. The molecule has 1 aromatic heterocycles. The molecular weight excluding hydrogens is 433 g/mol. The number of rotatable bonds is 6. The molecule has 0 bridgehead atoms. The van der Waals surface area contributed by atoms with Gasteiger partial charge in [-0.2, -0.15) is 5.10 Å². The van der Waals surface area contributed by atoms with Crippen molar-refractivity contribution < 1.29 is 19.1 Å². The summed E-state index contributed by atoms with van der Waals surface area (Å²) in [7, 11) is 0. The molecule has 5 rings (SSSR count). The highest BCUT2D eigenvalue weighted by molar-refractivity contribution is 6.30. The average molecular weight is 454 g/mol. The lowest BCUT2D eigenvalue weighted by molar-refractivity contribution is -0.118. The van der Waals surface area contributed by atoms with Crippen molar-refractivity contribution in [1.82, 2.24) is 9.78 Å². The number of carbonyl (C=O) groups excluding carboxylic acids is 1. The molecule has 0 unspecified atom stereocenters. The Morgan fingerprint density at radius 2 is 2.00 bits per heavy atom. The van der Waals surface area contributed by atoms with E-state index in [1.807, 2.05) is 10.9 Å². The van der Waals surface area contributed by atoms with Crippen LogP contribution in [0.4, 0.5) is 10.1 Å². The van der Waals surface area contributed by atoms with Crippen molar-refractivity contribution in [2.24, 2.45) is 0 Å². The Hall–Kier alpha value is -3.19. The number of amides is 1. The molecule has 2 aromatic carbocycles. The smallest absolute Gasteiger partial charge is 0.336 e. The third-order valence-corrected chi connectivity index (χ3v) is 6.81. The van der Waals surface area contributed by atoms with Crippen molar-refractivity contribution in [3.05, 3.63) is 70.8 Å². The fraction of sp³-hybridized carbons (Fsp3) is 0.292. The first kappa shape index (κ1) is 20.7. The molecule has 2 N–H and O–H groups in total. The number of aromatic nitrogens is 2. The fourth-order valence-electron chi connectivity index (χ4n) is 4.25. The van der Waals surface area contributed by atoms with Crippen molar-refractivity contribution >= 4 is 29.2 Å². The van der Waals surface area contributed by atoms with Crippen molar-refractivity contribution in [3.8, 4) is 11.1 Å². The van der Waals surface area contributed by atoms with Crippen LogP contribution >= 0.6 is 11.6 Å². The molecule has 2 fully saturated rings. The Balaban J connectivity index is 1.42. The normalized spacial score (nSPS) is 16.9. The minimum Gasteiger partial charge on any atom is -0.478 e. The Morgan fingerprint density at radius 3 is 2.66 bits per heavy atom. The van der Waals surface area contributed by atoms with Gasteiger partial charge in [0, 0.05) is 23.0 Å². The molecule has 164 valence electrons. The van der Waals surface area contributed by atoms with Gasteiger partial charge in [0.2, 0.25) is 5.91 Å². The quantitative estimate of drug-likeness (QED) is 0.520. The topological polar surface area (TPSA) is 84.2 Å². The van der Waals surface area contributed by atoms with Crippen molar-refractivity contribution in [1.29, 1.82) is 0 Å². The van der Waals surface area contributed by atoms with Gasteiger partial charge in [0.25, 0.3) is 0 Å². The number of carbonyl (C=O) groups is 2. The molecule has 0 radical (unpaired) electrons. The Kier molecular flexibility index (Phi) is 5.01. The maximum Gasteiger partial charge on any atom is 0.336 e. The second kappa shape index (κ2) is 7.74. The summed E-state index contributed by atoms with van der Waals surface area (Å²) in [6.07, 6.45) is 7.86. The summed E-state index contributed by atoms with van der Waals surface area (Å²) in [4.78, 5) is 25.0. The minimum absolute atomic E-state index is 0.0264. The summed E-state index contributed by atoms with van der Waals surface area (Å²) < 4.78 is 16.4. The number of aromatic carboxylic acids is 1. The number of carboxylic acids is 1. The Morgan fingerprint density at radius 1 is 1.22 bits per heavy atom. The summed E-state index contributed by atoms with van der Waals surface area (Å²) in [6.45, 7) is 0. The van der Waals surface area contributed by atoms with Gasteiger partial charge in [-0.15, -0.1) is 0 Å². The predicted octanol–water partition coefficient (Wildman–Crippen LogP) is 5.44. The van der Waals surface area contributed by atoms with Gasteiger partial charge in [0.1, 0.15) is 5.82 Å². The number of carboxylic acid groups (broad SMARTS) is 1. The van der Waals surface area contributed by atoms with E-state index in [1.54, 1.807) is 30.5 Å². The van der Waals surface area contributed by atoms with E-state index in [4.69, 9.17) is 11.6 Å². The monoisotopic (exact) mass is 453 g/mol. The van der Waals surface area contributed by atoms with Gasteiger partial charge in [-0.1, -0.05) is 29.8 Å². The number of hydrogen-bond acceptors (Lipinski definition) is 3. The second-order valence-electron chi connectivity index (χ2n) is 8.50. The van der Waals surface area contributed by atoms with Gasteiger partial charge in [0.15, 0.2) is 0 Å². The molecule has 0 atom stereocenters. The number of nitrogens with zero attached hydrogens (tertiary/aromatic N) is 2. The Labute approximate surface area is 189 Å². The molecule has 2 aliphatic rings. The summed E-state index contributed by atoms with van der Waals surface area (Å²) in [6, 6.07) is 9.76. The highest BCUT2D eigenvalue weighted by Gasteiger charge is 2.53. The lowest BCUT2D eigenvalue weighted by Crippen LogP contribution is -2.29. The molecule has 3 aromatic rings. The van der Waals surface area contributed by atoms with Crippen LogP contribution in [0.15, 0.2) is 48.8 Å². The van der Waals surface area contributed by atoms with E-state index in [0.29, 0.717) is 35.7 Å². The highest BCUT2D eigenvalue weighted by atomic mass is 35.5. The highest BCUT2D eigenvalue weighted by Crippen LogP contribution is 2.50. The maximum absolute atomic E-state index is 14.5. The minimum atomic E-state index is -1.10. The van der Waals surface area contributed by atoms with Crippen LogP contribution in [0.25, 0.3) is 11.1 Å². The second-order valence-corrected chi connectivity index (χ2v) is 8.90. The fourth-order valence-corrected chi connectivity index (χ4v) is 4.42. The third-order valence-electron chi connectivity index (χ3n) is 6.52. The van der Waals surface area contributed by atoms with Gasteiger partial charge in [-0.3, -0.25) is 9.48 Å². The van der Waals surface area contributed by atoms with Crippen LogP contribution in [-0.4, -0.2) is 26.8 Å². The van der Waals surface area contributed by atoms with Crippen molar-refractivity contribution in [2.45, 2.75) is 43.6 Å². The molecule has 1 amide bonds. The van der Waals surface area contributed by atoms with E-state index < -0.39 is 17.2 Å². The van der Waals surface area contributed by atoms with Gasteiger partial charge in [-0.05, 0) is 55.9 Å². The van der Waals surface area contributed by atoms with Crippen LogP contribution in [-0.2, 0) is 10.2 Å². The zero-order chi connectivity index (χ0) is 22.5. The van der Waals surface area contributed by atoms with Crippen molar-refractivity contribution in [2.75, 3.05) is 5.32 Å². The van der Waals surface area contributed by atoms with E-state index in [9.17, 15) is 19.1 Å². The first-order valence-electron chi connectivity index (χ1n) is 10.6. The molecule has 32 heavy (non-hydrogen) atoms. The maximum atomic E-state index is 14.5. The van der Waals surface area contributed by atoms with Gasteiger partial charge in [0.05, 0.1) is 28.2 Å². The molecule has 8 heteroatoms. The van der Waals surface area contributed by atoms with E-state index in [2.05, 4.69) is 10.4 Å². The molecule has 1 heterocycles. The molecule has 6 nitrogen and oxygen atoms in total. The largest absolute Gasteiger partial charge is 0.478 e. The van der Waals surface area contributed by atoms with Crippen LogP contribution in [0, 0.1) is 5.82 Å². The molecule has 0 aliphatic heterocycles. The third kappa shape index (κ3) is 3.46. The molecule has 0 spiro atoms. The first-order valence-corrected chi connectivity index (χ1v) is 10.9. The lowest BCUT2D eigenvalue weighted by atomic mass is 9.93. The zero-order valence-electron chi connectivity index (χ0n) is 17.1. The summed E-state index contributed by atoms with van der Waals surface area (Å²) in [5.41, 5.74) is 0.933. The van der Waals surface area contributed by atoms with Crippen LogP contribution < -0.4 is 5.32 Å². The van der Waals surface area contributed by atoms with E-state index in [1.165, 1.54) is 18.6 Å². The van der Waals surface area contributed by atoms with E-state index >= 15 is 0 Å². The van der Waals surface area contributed by atoms with Gasteiger partial charge >= 0.3 is 5.97 Å². The number of anilines is 1. The average Bonchev–Trinajstić information content (AvgIpc) is 3.41. The standard InChI is InChI=1S/C24H21ClFN3O3/c25-20-6-2-5-19(21(20)26)24(9-10-24)23(32)28-15-7-8-17(18(11-15)22(30)31)14-12-27-29(13-14)16-3-1-4-16/h2,5-8,11-13,16H,1,3-4,9-10H2,(H,28,32)(H,30,31). The van der Waals surface area contributed by atoms with Crippen LogP contribution in [0.5, 0.6) is 0 Å². The van der Waals surface area contributed by atoms with Crippen LogP contribution in [0.1, 0.15) is 54.1 Å². The number of nitrogens with one attached hydrogen (secondary N) is 1. The Bertz CT molecular complexity index is 1230. The summed E-state index contributed by atoms with van der Waals surface area (Å²) >= 11 is 5.90. The van der Waals surface area contributed by atoms with Gasteiger partial charge < -0.3 is 10.4 Å². The SMILES string of the molecule is O=C(O)c1cc(NC(=O)C2(c3cccc(Cl)c3F)CC2)ccc1-c1cnn(C2CCC2)c1. The van der Waals surface area contributed by atoms with E-state index in [0.717, 1.165) is 12.8 Å².